The third-order valence-electron chi connectivity index (χ3n) is 5.21. The standard InChI is InChI=1S/C22H27N3O5/c1-4-29-22(28)17-10-12-25(13-11-17)18(26)14-24(3)21(27)19-15(2)30-20(23-19)16-8-6-5-7-9-16/h5-9,17H,4,10-14H2,1-3H3. The van der Waals surface area contributed by atoms with E-state index in [-0.39, 0.29) is 35.9 Å². The Morgan fingerprint density at radius 1 is 1.20 bits per heavy atom. The maximum absolute atomic E-state index is 12.8. The van der Waals surface area contributed by atoms with Crippen LogP contribution >= 0.6 is 0 Å². The summed E-state index contributed by atoms with van der Waals surface area (Å²) in [6, 6.07) is 9.33. The fraction of sp³-hybridized carbons (Fsp3) is 0.455. The number of oxazole rings is 1. The number of benzene rings is 1. The molecule has 1 fully saturated rings. The number of amides is 2. The SMILES string of the molecule is CCOC(=O)C1CCN(C(=O)CN(C)C(=O)c2nc(-c3ccccc3)oc2C)CC1. The van der Waals surface area contributed by atoms with E-state index in [1.54, 1.807) is 25.8 Å². The van der Waals surface area contributed by atoms with E-state index in [9.17, 15) is 14.4 Å². The van der Waals surface area contributed by atoms with Crippen LogP contribution in [0.15, 0.2) is 34.7 Å². The van der Waals surface area contributed by atoms with Gasteiger partial charge in [-0.2, -0.15) is 0 Å². The molecule has 0 unspecified atom stereocenters. The van der Waals surface area contributed by atoms with Gasteiger partial charge < -0.3 is 19.0 Å². The zero-order valence-corrected chi connectivity index (χ0v) is 17.6. The van der Waals surface area contributed by atoms with E-state index in [1.807, 2.05) is 30.3 Å². The van der Waals surface area contributed by atoms with Gasteiger partial charge in [-0.05, 0) is 38.8 Å². The fourth-order valence-corrected chi connectivity index (χ4v) is 3.48. The lowest BCUT2D eigenvalue weighted by Gasteiger charge is -2.32. The van der Waals surface area contributed by atoms with Gasteiger partial charge >= 0.3 is 5.97 Å². The zero-order chi connectivity index (χ0) is 21.7. The highest BCUT2D eigenvalue weighted by atomic mass is 16.5. The number of carbonyl (C=O) groups is 3. The van der Waals surface area contributed by atoms with Gasteiger partial charge in [-0.3, -0.25) is 14.4 Å². The Morgan fingerprint density at radius 2 is 1.87 bits per heavy atom. The minimum absolute atomic E-state index is 0.0596. The molecule has 8 heteroatoms. The molecule has 1 saturated heterocycles. The van der Waals surface area contributed by atoms with E-state index in [0.717, 1.165) is 5.56 Å². The van der Waals surface area contributed by atoms with Crippen molar-refractivity contribution in [2.75, 3.05) is 33.3 Å². The minimum atomic E-state index is -0.367. The van der Waals surface area contributed by atoms with Crippen molar-refractivity contribution in [1.29, 1.82) is 0 Å². The van der Waals surface area contributed by atoms with E-state index in [1.165, 1.54) is 4.90 Å². The van der Waals surface area contributed by atoms with Crippen LogP contribution in [0, 0.1) is 12.8 Å². The lowest BCUT2D eigenvalue weighted by molar-refractivity contribution is -0.151. The number of ether oxygens (including phenoxy) is 1. The van der Waals surface area contributed by atoms with Crippen molar-refractivity contribution in [3.8, 4) is 11.5 Å². The minimum Gasteiger partial charge on any atom is -0.466 e. The van der Waals surface area contributed by atoms with Crippen LogP contribution in [0.3, 0.4) is 0 Å². The topological polar surface area (TPSA) is 93.0 Å². The number of likely N-dealkylation sites (tertiary alicyclic amines) is 1. The van der Waals surface area contributed by atoms with E-state index < -0.39 is 0 Å². The number of piperidine rings is 1. The third kappa shape index (κ3) is 4.87. The molecule has 0 aliphatic carbocycles. The molecule has 1 aliphatic heterocycles. The van der Waals surface area contributed by atoms with Gasteiger partial charge in [-0.25, -0.2) is 4.98 Å². The molecule has 30 heavy (non-hydrogen) atoms. The van der Waals surface area contributed by atoms with Crippen LogP contribution in [0.5, 0.6) is 0 Å². The highest BCUT2D eigenvalue weighted by Gasteiger charge is 2.30. The third-order valence-corrected chi connectivity index (χ3v) is 5.21. The highest BCUT2D eigenvalue weighted by molar-refractivity contribution is 5.96. The van der Waals surface area contributed by atoms with Crippen LogP contribution in [0.25, 0.3) is 11.5 Å². The van der Waals surface area contributed by atoms with Crippen LogP contribution in [0.1, 0.15) is 36.0 Å². The fourth-order valence-electron chi connectivity index (χ4n) is 3.48. The zero-order valence-electron chi connectivity index (χ0n) is 17.6. The van der Waals surface area contributed by atoms with Gasteiger partial charge in [-0.1, -0.05) is 18.2 Å². The summed E-state index contributed by atoms with van der Waals surface area (Å²) in [4.78, 5) is 44.6. The van der Waals surface area contributed by atoms with Crippen LogP contribution in [0.4, 0.5) is 0 Å². The second-order valence-corrected chi connectivity index (χ2v) is 7.36. The molecule has 0 atom stereocenters. The predicted molar refractivity (Wildman–Crippen MR) is 110 cm³/mol. The number of aryl methyl sites for hydroxylation is 1. The van der Waals surface area contributed by atoms with Crippen LogP contribution in [-0.2, 0) is 14.3 Å². The molecular formula is C22H27N3O5. The summed E-state index contributed by atoms with van der Waals surface area (Å²) in [7, 11) is 1.57. The molecular weight excluding hydrogens is 386 g/mol. The first-order valence-electron chi connectivity index (χ1n) is 10.1. The van der Waals surface area contributed by atoms with Crippen molar-refractivity contribution in [3.63, 3.8) is 0 Å². The van der Waals surface area contributed by atoms with Crippen molar-refractivity contribution >= 4 is 17.8 Å². The van der Waals surface area contributed by atoms with E-state index in [4.69, 9.17) is 9.15 Å². The first-order chi connectivity index (χ1) is 14.4. The monoisotopic (exact) mass is 413 g/mol. The number of nitrogens with zero attached hydrogens (tertiary/aromatic N) is 3. The smallest absolute Gasteiger partial charge is 0.309 e. The van der Waals surface area contributed by atoms with Crippen LogP contribution < -0.4 is 0 Å². The highest BCUT2D eigenvalue weighted by Crippen LogP contribution is 2.22. The molecule has 1 aliphatic rings. The second kappa shape index (κ2) is 9.56. The molecule has 1 aromatic carbocycles. The van der Waals surface area contributed by atoms with Crippen LogP contribution in [-0.4, -0.2) is 65.9 Å². The average molecular weight is 413 g/mol. The van der Waals surface area contributed by atoms with Crippen molar-refractivity contribution in [2.24, 2.45) is 5.92 Å². The molecule has 2 aromatic rings. The van der Waals surface area contributed by atoms with E-state index >= 15 is 0 Å². The van der Waals surface area contributed by atoms with E-state index in [0.29, 0.717) is 44.2 Å². The first-order valence-corrected chi connectivity index (χ1v) is 10.1. The molecule has 0 spiro atoms. The number of esters is 1. The summed E-state index contributed by atoms with van der Waals surface area (Å²) in [5, 5.41) is 0. The normalized spacial score (nSPS) is 14.4. The molecule has 0 saturated carbocycles. The number of hydrogen-bond donors (Lipinski definition) is 0. The largest absolute Gasteiger partial charge is 0.466 e. The van der Waals surface area contributed by atoms with Gasteiger partial charge in [0.15, 0.2) is 5.69 Å². The summed E-state index contributed by atoms with van der Waals surface area (Å²) in [6.45, 7) is 4.72. The second-order valence-electron chi connectivity index (χ2n) is 7.36. The van der Waals surface area contributed by atoms with Crippen LogP contribution in [0.2, 0.25) is 0 Å². The molecule has 0 bridgehead atoms. The Balaban J connectivity index is 1.58. The van der Waals surface area contributed by atoms with Gasteiger partial charge in [0.2, 0.25) is 11.8 Å². The summed E-state index contributed by atoms with van der Waals surface area (Å²) in [6.07, 6.45) is 1.15. The summed E-state index contributed by atoms with van der Waals surface area (Å²) in [5.74, 6) is -0.105. The van der Waals surface area contributed by atoms with Gasteiger partial charge in [0.05, 0.1) is 19.1 Å². The maximum atomic E-state index is 12.8. The number of carbonyl (C=O) groups excluding carboxylic acids is 3. The van der Waals surface area contributed by atoms with Gasteiger partial charge in [0.25, 0.3) is 5.91 Å². The lowest BCUT2D eigenvalue weighted by atomic mass is 9.97. The average Bonchev–Trinajstić information content (AvgIpc) is 3.15. The molecule has 1 aromatic heterocycles. The van der Waals surface area contributed by atoms with Crippen molar-refractivity contribution < 1.29 is 23.5 Å². The Morgan fingerprint density at radius 3 is 2.50 bits per heavy atom. The van der Waals surface area contributed by atoms with E-state index in [2.05, 4.69) is 4.98 Å². The van der Waals surface area contributed by atoms with Crippen molar-refractivity contribution in [2.45, 2.75) is 26.7 Å². The Hall–Kier alpha value is -3.16. The number of aromatic nitrogens is 1. The molecule has 3 rings (SSSR count). The molecule has 2 heterocycles. The number of likely N-dealkylation sites (N-methyl/N-ethyl adjacent to an activating group) is 1. The molecule has 8 nitrogen and oxygen atoms in total. The Bertz CT molecular complexity index is 901. The Kier molecular flexibility index (Phi) is 6.87. The molecule has 0 N–H and O–H groups in total. The van der Waals surface area contributed by atoms with Crippen molar-refractivity contribution in [3.05, 3.63) is 41.8 Å². The number of rotatable bonds is 6. The summed E-state index contributed by atoms with van der Waals surface area (Å²) < 4.78 is 10.7. The van der Waals surface area contributed by atoms with Crippen molar-refractivity contribution in [1.82, 2.24) is 14.8 Å². The lowest BCUT2D eigenvalue weighted by Crippen LogP contribution is -2.45. The predicted octanol–water partition coefficient (Wildman–Crippen LogP) is 2.52. The van der Waals surface area contributed by atoms with Gasteiger partial charge in [0.1, 0.15) is 5.76 Å². The molecule has 2 amide bonds. The van der Waals surface area contributed by atoms with Gasteiger partial charge in [0, 0.05) is 25.7 Å². The number of hydrogen-bond acceptors (Lipinski definition) is 6. The summed E-state index contributed by atoms with van der Waals surface area (Å²) in [5.41, 5.74) is 0.980. The molecule has 160 valence electrons. The maximum Gasteiger partial charge on any atom is 0.309 e. The quantitative estimate of drug-likeness (QED) is 0.676. The Labute approximate surface area is 175 Å². The summed E-state index contributed by atoms with van der Waals surface area (Å²) >= 11 is 0. The molecule has 0 radical (unpaired) electrons. The van der Waals surface area contributed by atoms with Gasteiger partial charge in [-0.15, -0.1) is 0 Å². The first kappa shape index (κ1) is 21.5.